The summed E-state index contributed by atoms with van der Waals surface area (Å²) in [4.78, 5) is 8.56. The molecule has 1 heterocycles. The molecule has 0 saturated carbocycles. The van der Waals surface area contributed by atoms with Crippen molar-refractivity contribution in [2.24, 2.45) is 0 Å². The first kappa shape index (κ1) is 10.4. The Bertz CT molecular complexity index is 276. The van der Waals surface area contributed by atoms with Gasteiger partial charge in [-0.1, -0.05) is 29.3 Å². The van der Waals surface area contributed by atoms with Gasteiger partial charge in [-0.05, 0) is 6.42 Å². The van der Waals surface area contributed by atoms with E-state index in [1.807, 2.05) is 13.2 Å². The highest BCUT2D eigenvalue weighted by Gasteiger charge is 2.03. The summed E-state index contributed by atoms with van der Waals surface area (Å²) in [5, 5.41) is 3.77. The molecule has 3 nitrogen and oxygen atoms in total. The minimum Gasteiger partial charge on any atom is -0.357 e. The predicted molar refractivity (Wildman–Crippen MR) is 58.2 cm³/mol. The molecule has 0 fully saturated rings. The predicted octanol–water partition coefficient (Wildman–Crippen LogP) is 2.37. The van der Waals surface area contributed by atoms with Gasteiger partial charge in [0.15, 0.2) is 0 Å². The normalized spacial score (nSPS) is 10.1. The van der Waals surface area contributed by atoms with Gasteiger partial charge in [-0.3, -0.25) is 0 Å². The fraction of sp³-hybridized carbons (Fsp3) is 0.556. The topological polar surface area (TPSA) is 37.8 Å². The average Bonchev–Trinajstić information content (AvgIpc) is 2.18. The number of aromatic nitrogens is 2. The number of halogens is 1. The molecule has 1 rings (SSSR count). The summed E-state index contributed by atoms with van der Waals surface area (Å²) >= 11 is 3.42. The number of aryl methyl sites for hydroxylation is 1. The molecular weight excluding hydrogens is 230 g/mol. The summed E-state index contributed by atoms with van der Waals surface area (Å²) in [7, 11) is 1.83. The van der Waals surface area contributed by atoms with Crippen molar-refractivity contribution in [1.29, 1.82) is 0 Å². The molecule has 13 heavy (non-hydrogen) atoms. The number of hydrogen-bond donors (Lipinski definition) is 1. The third-order valence-corrected chi connectivity index (χ3v) is 2.41. The Kier molecular flexibility index (Phi) is 4.15. The van der Waals surface area contributed by atoms with Gasteiger partial charge < -0.3 is 5.32 Å². The van der Waals surface area contributed by atoms with Crippen molar-refractivity contribution in [3.63, 3.8) is 0 Å². The van der Waals surface area contributed by atoms with Gasteiger partial charge in [0.25, 0.3) is 0 Å². The third kappa shape index (κ3) is 2.66. The Morgan fingerprint density at radius 1 is 1.54 bits per heavy atom. The van der Waals surface area contributed by atoms with Gasteiger partial charge in [0.1, 0.15) is 0 Å². The lowest BCUT2D eigenvalue weighted by Crippen LogP contribution is -2.02. The van der Waals surface area contributed by atoms with Crippen LogP contribution in [0.2, 0.25) is 0 Å². The zero-order valence-corrected chi connectivity index (χ0v) is 9.56. The van der Waals surface area contributed by atoms with Crippen molar-refractivity contribution in [3.8, 4) is 0 Å². The van der Waals surface area contributed by atoms with Crippen molar-refractivity contribution in [1.82, 2.24) is 9.97 Å². The fourth-order valence-corrected chi connectivity index (χ4v) is 1.60. The molecular formula is C9H14BrN3. The summed E-state index contributed by atoms with van der Waals surface area (Å²) in [5.74, 6) is 0.702. The average molecular weight is 244 g/mol. The molecule has 0 spiro atoms. The number of hydrogen-bond acceptors (Lipinski definition) is 3. The number of anilines is 1. The highest BCUT2D eigenvalue weighted by molar-refractivity contribution is 9.08. The molecule has 0 atom stereocenters. The quantitative estimate of drug-likeness (QED) is 0.826. The van der Waals surface area contributed by atoms with E-state index < -0.39 is 0 Å². The Labute approximate surface area is 87.1 Å². The molecule has 0 radical (unpaired) electrons. The maximum Gasteiger partial charge on any atom is 0.222 e. The van der Waals surface area contributed by atoms with Gasteiger partial charge in [0.2, 0.25) is 5.95 Å². The zero-order valence-electron chi connectivity index (χ0n) is 7.97. The highest BCUT2D eigenvalue weighted by atomic mass is 79.9. The van der Waals surface area contributed by atoms with Crippen molar-refractivity contribution >= 4 is 21.9 Å². The number of alkyl halides is 1. The van der Waals surface area contributed by atoms with E-state index in [1.165, 1.54) is 5.56 Å². The molecule has 1 N–H and O–H groups in total. The molecule has 0 bridgehead atoms. The zero-order chi connectivity index (χ0) is 9.68. The van der Waals surface area contributed by atoms with Crippen molar-refractivity contribution in [2.45, 2.75) is 25.1 Å². The van der Waals surface area contributed by atoms with Crippen LogP contribution >= 0.6 is 15.9 Å². The standard InChI is InChI=1S/C9H14BrN3/c1-3-4-8-7(5-10)6-12-9(11-2)13-8/h6H,3-5H2,1-2H3,(H,11,12,13). The summed E-state index contributed by atoms with van der Waals surface area (Å²) in [6.07, 6.45) is 4.00. The third-order valence-electron chi connectivity index (χ3n) is 1.81. The van der Waals surface area contributed by atoms with Gasteiger partial charge >= 0.3 is 0 Å². The minimum absolute atomic E-state index is 0.702. The van der Waals surface area contributed by atoms with E-state index in [2.05, 4.69) is 38.1 Å². The lowest BCUT2D eigenvalue weighted by Gasteiger charge is -2.06. The second-order valence-corrected chi connectivity index (χ2v) is 3.36. The van der Waals surface area contributed by atoms with E-state index in [0.29, 0.717) is 5.95 Å². The van der Waals surface area contributed by atoms with Crippen LogP contribution in [0.15, 0.2) is 6.20 Å². The van der Waals surface area contributed by atoms with E-state index >= 15 is 0 Å². The molecule has 0 saturated heterocycles. The highest BCUT2D eigenvalue weighted by Crippen LogP contribution is 2.13. The maximum atomic E-state index is 4.40. The molecule has 0 aromatic carbocycles. The lowest BCUT2D eigenvalue weighted by molar-refractivity contribution is 0.860. The van der Waals surface area contributed by atoms with E-state index in [0.717, 1.165) is 23.9 Å². The molecule has 1 aromatic heterocycles. The summed E-state index contributed by atoms with van der Waals surface area (Å²) in [6.45, 7) is 2.15. The molecule has 0 aliphatic heterocycles. The van der Waals surface area contributed by atoms with E-state index in [9.17, 15) is 0 Å². The Balaban J connectivity index is 2.95. The molecule has 0 unspecified atom stereocenters. The van der Waals surface area contributed by atoms with Crippen molar-refractivity contribution < 1.29 is 0 Å². The van der Waals surface area contributed by atoms with Crippen LogP contribution in [0.4, 0.5) is 5.95 Å². The van der Waals surface area contributed by atoms with Gasteiger partial charge in [-0.25, -0.2) is 9.97 Å². The smallest absolute Gasteiger partial charge is 0.222 e. The maximum absolute atomic E-state index is 4.40. The van der Waals surface area contributed by atoms with Crippen LogP contribution in [0, 0.1) is 0 Å². The van der Waals surface area contributed by atoms with Crippen LogP contribution in [0.5, 0.6) is 0 Å². The monoisotopic (exact) mass is 243 g/mol. The largest absolute Gasteiger partial charge is 0.357 e. The first-order valence-electron chi connectivity index (χ1n) is 4.40. The Hall–Kier alpha value is -0.640. The van der Waals surface area contributed by atoms with Crippen LogP contribution in [-0.2, 0) is 11.8 Å². The van der Waals surface area contributed by atoms with Crippen LogP contribution in [-0.4, -0.2) is 17.0 Å². The number of nitrogens with one attached hydrogen (secondary N) is 1. The second kappa shape index (κ2) is 5.17. The van der Waals surface area contributed by atoms with E-state index in [4.69, 9.17) is 0 Å². The van der Waals surface area contributed by atoms with Gasteiger partial charge in [0, 0.05) is 29.8 Å². The molecule has 1 aromatic rings. The molecule has 72 valence electrons. The summed E-state index contributed by atoms with van der Waals surface area (Å²) < 4.78 is 0. The number of rotatable bonds is 4. The molecule has 0 aliphatic carbocycles. The molecule has 0 amide bonds. The van der Waals surface area contributed by atoms with Crippen molar-refractivity contribution in [2.75, 3.05) is 12.4 Å². The second-order valence-electron chi connectivity index (χ2n) is 2.80. The molecule has 4 heteroatoms. The Morgan fingerprint density at radius 2 is 2.31 bits per heavy atom. The van der Waals surface area contributed by atoms with Crippen LogP contribution in [0.25, 0.3) is 0 Å². The molecule has 0 aliphatic rings. The first-order valence-corrected chi connectivity index (χ1v) is 5.52. The number of nitrogens with zero attached hydrogens (tertiary/aromatic N) is 2. The van der Waals surface area contributed by atoms with E-state index in [1.54, 1.807) is 0 Å². The minimum atomic E-state index is 0.702. The summed E-state index contributed by atoms with van der Waals surface area (Å²) in [6, 6.07) is 0. The van der Waals surface area contributed by atoms with Gasteiger partial charge in [0.05, 0.1) is 0 Å². The van der Waals surface area contributed by atoms with Crippen LogP contribution in [0.1, 0.15) is 24.6 Å². The Morgan fingerprint density at radius 3 is 2.85 bits per heavy atom. The summed E-state index contributed by atoms with van der Waals surface area (Å²) in [5.41, 5.74) is 2.32. The lowest BCUT2D eigenvalue weighted by atomic mass is 10.2. The van der Waals surface area contributed by atoms with Gasteiger partial charge in [-0.15, -0.1) is 0 Å². The van der Waals surface area contributed by atoms with Gasteiger partial charge in [-0.2, -0.15) is 0 Å². The van der Waals surface area contributed by atoms with Crippen LogP contribution < -0.4 is 5.32 Å². The van der Waals surface area contributed by atoms with E-state index in [-0.39, 0.29) is 0 Å². The van der Waals surface area contributed by atoms with Crippen LogP contribution in [0.3, 0.4) is 0 Å². The fourth-order valence-electron chi connectivity index (χ4n) is 1.13. The van der Waals surface area contributed by atoms with Crippen molar-refractivity contribution in [3.05, 3.63) is 17.5 Å². The first-order chi connectivity index (χ1) is 6.31. The SMILES string of the molecule is CCCc1nc(NC)ncc1CBr.